The molecule has 2 aromatic rings. The number of rotatable bonds is 4. The molecule has 0 aliphatic rings. The summed E-state index contributed by atoms with van der Waals surface area (Å²) in [6, 6.07) is 12.0. The Morgan fingerprint density at radius 1 is 1.05 bits per heavy atom. The molecule has 0 fully saturated rings. The average Bonchev–Trinajstić information content (AvgIpc) is 2.43. The summed E-state index contributed by atoms with van der Waals surface area (Å²) in [5, 5.41) is 0. The number of benzene rings is 2. The Hall–Kier alpha value is -1.39. The number of halogens is 2. The van der Waals surface area contributed by atoms with E-state index in [-0.39, 0.29) is 11.9 Å². The Balaban J connectivity index is 2.39. The second-order valence-electron chi connectivity index (χ2n) is 4.05. The van der Waals surface area contributed by atoms with E-state index in [4.69, 9.17) is 9.47 Å². The highest BCUT2D eigenvalue weighted by Crippen LogP contribution is 2.33. The van der Waals surface area contributed by atoms with Gasteiger partial charge in [-0.25, -0.2) is 4.39 Å². The van der Waals surface area contributed by atoms with Gasteiger partial charge in [-0.3, -0.25) is 0 Å². The summed E-state index contributed by atoms with van der Waals surface area (Å²) in [4.78, 5) is 0. The summed E-state index contributed by atoms with van der Waals surface area (Å²) in [6.07, 6.45) is -0.249. The minimum absolute atomic E-state index is 0.249. The van der Waals surface area contributed by atoms with E-state index in [1.165, 1.54) is 12.1 Å². The lowest BCUT2D eigenvalue weighted by Crippen LogP contribution is -2.04. The van der Waals surface area contributed by atoms with Crippen molar-refractivity contribution in [3.05, 3.63) is 63.9 Å². The van der Waals surface area contributed by atoms with E-state index in [9.17, 15) is 4.39 Å². The van der Waals surface area contributed by atoms with Crippen molar-refractivity contribution in [3.8, 4) is 5.75 Å². The van der Waals surface area contributed by atoms with Gasteiger partial charge in [0, 0.05) is 11.6 Å². The van der Waals surface area contributed by atoms with Crippen molar-refractivity contribution in [2.24, 2.45) is 0 Å². The third-order valence-electron chi connectivity index (χ3n) is 2.90. The van der Waals surface area contributed by atoms with Crippen LogP contribution < -0.4 is 4.74 Å². The van der Waals surface area contributed by atoms with Crippen molar-refractivity contribution >= 4 is 15.9 Å². The van der Waals surface area contributed by atoms with Gasteiger partial charge in [0.2, 0.25) is 0 Å². The van der Waals surface area contributed by atoms with Crippen LogP contribution in [0.25, 0.3) is 0 Å². The Morgan fingerprint density at radius 3 is 2.26 bits per heavy atom. The predicted octanol–water partition coefficient (Wildman–Crippen LogP) is 4.33. The lowest BCUT2D eigenvalue weighted by Gasteiger charge is -2.18. The largest absolute Gasteiger partial charge is 0.497 e. The van der Waals surface area contributed by atoms with Crippen molar-refractivity contribution < 1.29 is 13.9 Å². The SMILES string of the molecule is COc1ccc([C@@H](OC)c2ccc(F)cc2)c(Br)c1. The highest BCUT2D eigenvalue weighted by atomic mass is 79.9. The van der Waals surface area contributed by atoms with Crippen LogP contribution in [0.4, 0.5) is 4.39 Å². The van der Waals surface area contributed by atoms with Gasteiger partial charge in [0.25, 0.3) is 0 Å². The number of hydrogen-bond donors (Lipinski definition) is 0. The lowest BCUT2D eigenvalue weighted by molar-refractivity contribution is 0.136. The monoisotopic (exact) mass is 324 g/mol. The van der Waals surface area contributed by atoms with E-state index in [1.807, 2.05) is 18.2 Å². The summed E-state index contributed by atoms with van der Waals surface area (Å²) < 4.78 is 24.5. The highest BCUT2D eigenvalue weighted by Gasteiger charge is 2.16. The Kier molecular flexibility index (Phi) is 4.56. The molecule has 0 heterocycles. The van der Waals surface area contributed by atoms with Gasteiger partial charge in [0.1, 0.15) is 17.7 Å². The van der Waals surface area contributed by atoms with E-state index in [1.54, 1.807) is 26.4 Å². The first-order valence-corrected chi connectivity index (χ1v) is 6.56. The van der Waals surface area contributed by atoms with Crippen LogP contribution >= 0.6 is 15.9 Å². The average molecular weight is 325 g/mol. The summed E-state index contributed by atoms with van der Waals surface area (Å²) in [6.45, 7) is 0. The van der Waals surface area contributed by atoms with Crippen LogP contribution in [0.3, 0.4) is 0 Å². The molecule has 0 spiro atoms. The summed E-state index contributed by atoms with van der Waals surface area (Å²) in [5.41, 5.74) is 1.87. The van der Waals surface area contributed by atoms with Crippen LogP contribution in [0.15, 0.2) is 46.9 Å². The number of ether oxygens (including phenoxy) is 2. The highest BCUT2D eigenvalue weighted by molar-refractivity contribution is 9.10. The van der Waals surface area contributed by atoms with Gasteiger partial charge in [-0.2, -0.15) is 0 Å². The smallest absolute Gasteiger partial charge is 0.123 e. The van der Waals surface area contributed by atoms with E-state index >= 15 is 0 Å². The van der Waals surface area contributed by atoms with Gasteiger partial charge in [-0.05, 0) is 35.4 Å². The molecule has 2 nitrogen and oxygen atoms in total. The molecular weight excluding hydrogens is 311 g/mol. The molecule has 0 aromatic heterocycles. The number of hydrogen-bond acceptors (Lipinski definition) is 2. The van der Waals surface area contributed by atoms with Crippen molar-refractivity contribution in [2.45, 2.75) is 6.10 Å². The molecule has 1 atom stereocenters. The molecule has 0 radical (unpaired) electrons. The Morgan fingerprint density at radius 2 is 1.74 bits per heavy atom. The molecule has 0 unspecified atom stereocenters. The molecule has 2 aromatic carbocycles. The van der Waals surface area contributed by atoms with Gasteiger partial charge in [-0.1, -0.05) is 34.1 Å². The van der Waals surface area contributed by atoms with Crippen molar-refractivity contribution in [2.75, 3.05) is 14.2 Å². The van der Waals surface area contributed by atoms with Crippen molar-refractivity contribution in [1.82, 2.24) is 0 Å². The summed E-state index contributed by atoms with van der Waals surface area (Å²) in [7, 11) is 3.25. The first-order valence-electron chi connectivity index (χ1n) is 5.77. The van der Waals surface area contributed by atoms with Gasteiger partial charge in [0.15, 0.2) is 0 Å². The summed E-state index contributed by atoms with van der Waals surface area (Å²) >= 11 is 3.51. The molecule has 2 rings (SSSR count). The molecular formula is C15H14BrFO2. The normalized spacial score (nSPS) is 12.2. The fourth-order valence-electron chi connectivity index (χ4n) is 1.93. The van der Waals surface area contributed by atoms with E-state index < -0.39 is 0 Å². The molecule has 4 heteroatoms. The maximum Gasteiger partial charge on any atom is 0.123 e. The topological polar surface area (TPSA) is 18.5 Å². The van der Waals surface area contributed by atoms with E-state index in [0.717, 1.165) is 21.3 Å². The van der Waals surface area contributed by atoms with Gasteiger partial charge in [0.05, 0.1) is 7.11 Å². The molecule has 0 bridgehead atoms. The van der Waals surface area contributed by atoms with Crippen LogP contribution in [0.1, 0.15) is 17.2 Å². The maximum atomic E-state index is 13.0. The van der Waals surface area contributed by atoms with Crippen LogP contribution in [-0.4, -0.2) is 14.2 Å². The van der Waals surface area contributed by atoms with Gasteiger partial charge in [-0.15, -0.1) is 0 Å². The first-order chi connectivity index (χ1) is 9.15. The second-order valence-corrected chi connectivity index (χ2v) is 4.91. The Bertz CT molecular complexity index is 555. The minimum Gasteiger partial charge on any atom is -0.497 e. The van der Waals surface area contributed by atoms with Crippen LogP contribution in [0.2, 0.25) is 0 Å². The van der Waals surface area contributed by atoms with Gasteiger partial charge >= 0.3 is 0 Å². The molecule has 0 aliphatic carbocycles. The van der Waals surface area contributed by atoms with Crippen molar-refractivity contribution in [3.63, 3.8) is 0 Å². The molecule has 19 heavy (non-hydrogen) atoms. The summed E-state index contributed by atoms with van der Waals surface area (Å²) in [5.74, 6) is 0.511. The molecule has 0 saturated carbocycles. The molecule has 0 saturated heterocycles. The van der Waals surface area contributed by atoms with Crippen LogP contribution in [0, 0.1) is 5.82 Å². The third-order valence-corrected chi connectivity index (χ3v) is 3.59. The third kappa shape index (κ3) is 3.14. The second kappa shape index (κ2) is 6.17. The van der Waals surface area contributed by atoms with Crippen LogP contribution in [0.5, 0.6) is 5.75 Å². The molecule has 0 amide bonds. The van der Waals surface area contributed by atoms with E-state index in [0.29, 0.717) is 0 Å². The fourth-order valence-corrected chi connectivity index (χ4v) is 2.49. The van der Waals surface area contributed by atoms with E-state index in [2.05, 4.69) is 15.9 Å². The lowest BCUT2D eigenvalue weighted by atomic mass is 10.0. The zero-order valence-corrected chi connectivity index (χ0v) is 12.3. The van der Waals surface area contributed by atoms with Gasteiger partial charge < -0.3 is 9.47 Å². The predicted molar refractivity (Wildman–Crippen MR) is 75.9 cm³/mol. The number of methoxy groups -OCH3 is 2. The molecule has 0 aliphatic heterocycles. The first kappa shape index (κ1) is 14.0. The van der Waals surface area contributed by atoms with Crippen LogP contribution in [-0.2, 0) is 4.74 Å². The Labute approximate surface area is 120 Å². The quantitative estimate of drug-likeness (QED) is 0.833. The zero-order valence-electron chi connectivity index (χ0n) is 10.7. The van der Waals surface area contributed by atoms with Crippen molar-refractivity contribution in [1.29, 1.82) is 0 Å². The maximum absolute atomic E-state index is 13.0. The molecule has 100 valence electrons. The minimum atomic E-state index is -0.257. The molecule has 0 N–H and O–H groups in total. The fraction of sp³-hybridized carbons (Fsp3) is 0.200. The standard InChI is InChI=1S/C15H14BrFO2/c1-18-12-7-8-13(14(16)9-12)15(19-2)10-3-5-11(17)6-4-10/h3-9,15H,1-2H3/t15-/m0/s1. The zero-order chi connectivity index (χ0) is 13.8.